The van der Waals surface area contributed by atoms with E-state index in [-0.39, 0.29) is 18.0 Å². The molecule has 1 N–H and O–H groups in total. The fourth-order valence-electron chi connectivity index (χ4n) is 6.28. The van der Waals surface area contributed by atoms with Crippen molar-refractivity contribution in [2.75, 3.05) is 7.11 Å². The number of rotatable bonds is 7. The molecule has 0 spiro atoms. The number of amides is 1. The molecule has 166 valence electrons. The summed E-state index contributed by atoms with van der Waals surface area (Å²) in [7, 11) is 1.78. The van der Waals surface area contributed by atoms with E-state index < -0.39 is 5.41 Å². The van der Waals surface area contributed by atoms with Crippen LogP contribution in [0.1, 0.15) is 61.9 Å². The van der Waals surface area contributed by atoms with Gasteiger partial charge in [0.2, 0.25) is 5.91 Å². The Balaban J connectivity index is 1.46. The lowest BCUT2D eigenvalue weighted by Crippen LogP contribution is -2.52. The number of nitrogens with zero attached hydrogens (tertiary/aromatic N) is 2. The maximum atomic E-state index is 13.6. The first-order chi connectivity index (χ1) is 15.0. The summed E-state index contributed by atoms with van der Waals surface area (Å²) in [6.45, 7) is 4.96. The second kappa shape index (κ2) is 8.21. The largest absolute Gasteiger partial charge is 0.496 e. The average Bonchev–Trinajstić information content (AvgIpc) is 3.52. The Labute approximate surface area is 189 Å². The van der Waals surface area contributed by atoms with E-state index in [9.17, 15) is 4.79 Å². The number of carbonyl (C=O) groups excluding carboxylic acids is 1. The van der Waals surface area contributed by atoms with Crippen molar-refractivity contribution >= 4 is 17.2 Å². The number of nitrogens with one attached hydrogen (secondary N) is 1. The molecule has 3 aliphatic rings. The molecule has 1 aromatic heterocycles. The monoisotopic (exact) mass is 439 g/mol. The highest BCUT2D eigenvalue weighted by molar-refractivity contribution is 7.07. The maximum Gasteiger partial charge on any atom is 0.228 e. The molecule has 2 fully saturated rings. The summed E-state index contributed by atoms with van der Waals surface area (Å²) in [5.41, 5.74) is 6.72. The van der Waals surface area contributed by atoms with Crippen molar-refractivity contribution < 1.29 is 9.53 Å². The van der Waals surface area contributed by atoms with E-state index in [0.717, 1.165) is 43.7 Å². The third-order valence-corrected chi connectivity index (χ3v) is 8.22. The van der Waals surface area contributed by atoms with Crippen LogP contribution in [0.4, 0.5) is 0 Å². The van der Waals surface area contributed by atoms with Gasteiger partial charge in [0.15, 0.2) is 0 Å². The van der Waals surface area contributed by atoms with Gasteiger partial charge in [0.1, 0.15) is 5.75 Å². The molecule has 2 bridgehead atoms. The van der Waals surface area contributed by atoms with Gasteiger partial charge in [-0.3, -0.25) is 9.69 Å². The van der Waals surface area contributed by atoms with Gasteiger partial charge in [0.05, 0.1) is 23.7 Å². The second-order valence-electron chi connectivity index (χ2n) is 9.85. The summed E-state index contributed by atoms with van der Waals surface area (Å²) in [5.74, 6) is 1.21. The minimum atomic E-state index is -0.398. The number of aryl methyl sites for hydroxylation is 2. The second-order valence-corrected chi connectivity index (χ2v) is 10.6. The number of thiazole rings is 1. The van der Waals surface area contributed by atoms with Gasteiger partial charge in [0, 0.05) is 42.0 Å². The van der Waals surface area contributed by atoms with Crippen LogP contribution in [0, 0.1) is 5.41 Å². The Morgan fingerprint density at radius 2 is 2.13 bits per heavy atom. The first-order valence-corrected chi connectivity index (χ1v) is 12.6. The van der Waals surface area contributed by atoms with Gasteiger partial charge in [-0.25, -0.2) is 4.98 Å². The van der Waals surface area contributed by atoms with Crippen molar-refractivity contribution in [3.8, 4) is 5.75 Å². The molecule has 2 aliphatic heterocycles. The molecule has 1 aromatic carbocycles. The van der Waals surface area contributed by atoms with Crippen LogP contribution in [0.25, 0.3) is 0 Å². The van der Waals surface area contributed by atoms with Crippen LogP contribution >= 0.6 is 11.3 Å². The molecule has 5 nitrogen and oxygen atoms in total. The van der Waals surface area contributed by atoms with E-state index in [1.807, 2.05) is 5.51 Å². The molecule has 1 amide bonds. The smallest absolute Gasteiger partial charge is 0.228 e. The minimum absolute atomic E-state index is 0.143. The highest BCUT2D eigenvalue weighted by Crippen LogP contribution is 2.52. The molecule has 1 aliphatic carbocycles. The summed E-state index contributed by atoms with van der Waals surface area (Å²) >= 11 is 1.61. The van der Waals surface area contributed by atoms with Gasteiger partial charge in [-0.15, -0.1) is 11.3 Å². The Morgan fingerprint density at radius 1 is 1.32 bits per heavy atom. The van der Waals surface area contributed by atoms with Crippen molar-refractivity contribution in [3.63, 3.8) is 0 Å². The van der Waals surface area contributed by atoms with Crippen LogP contribution < -0.4 is 10.1 Å². The predicted octanol–water partition coefficient (Wildman–Crippen LogP) is 4.13. The fourth-order valence-corrected chi connectivity index (χ4v) is 6.83. The highest BCUT2D eigenvalue weighted by Gasteiger charge is 2.59. The summed E-state index contributed by atoms with van der Waals surface area (Å²) in [6.07, 6.45) is 7.47. The number of hydrogen-bond acceptors (Lipinski definition) is 5. The number of methoxy groups -OCH3 is 1. The Morgan fingerprint density at radius 3 is 2.84 bits per heavy atom. The molecule has 2 saturated heterocycles. The van der Waals surface area contributed by atoms with Gasteiger partial charge >= 0.3 is 0 Å². The topological polar surface area (TPSA) is 54.5 Å². The van der Waals surface area contributed by atoms with Crippen molar-refractivity contribution in [2.24, 2.45) is 5.41 Å². The first-order valence-electron chi connectivity index (χ1n) is 11.6. The fraction of sp³-hybridized carbons (Fsp3) is 0.600. The molecule has 3 heterocycles. The van der Waals surface area contributed by atoms with E-state index >= 15 is 0 Å². The Hall–Kier alpha value is -1.92. The highest BCUT2D eigenvalue weighted by atomic mass is 32.1. The third-order valence-electron chi connectivity index (χ3n) is 7.58. The average molecular weight is 440 g/mol. The van der Waals surface area contributed by atoms with E-state index in [1.165, 1.54) is 36.0 Å². The molecular weight excluding hydrogens is 406 g/mol. The molecule has 5 rings (SSSR count). The lowest BCUT2D eigenvalue weighted by Gasteiger charge is -2.36. The van der Waals surface area contributed by atoms with Crippen LogP contribution in [0.2, 0.25) is 0 Å². The Kier molecular flexibility index (Phi) is 5.55. The van der Waals surface area contributed by atoms with Gasteiger partial charge in [-0.1, -0.05) is 6.07 Å². The lowest BCUT2D eigenvalue weighted by molar-refractivity contribution is -0.133. The zero-order valence-corrected chi connectivity index (χ0v) is 19.6. The number of ether oxygens (including phenoxy) is 1. The van der Waals surface area contributed by atoms with E-state index in [4.69, 9.17) is 4.74 Å². The molecule has 0 saturated carbocycles. The van der Waals surface area contributed by atoms with Crippen LogP contribution in [-0.2, 0) is 30.6 Å². The summed E-state index contributed by atoms with van der Waals surface area (Å²) < 4.78 is 5.79. The summed E-state index contributed by atoms with van der Waals surface area (Å²) in [6, 6.07) is 5.46. The molecule has 0 radical (unpaired) electrons. The molecule has 6 heteroatoms. The number of fused-ring (bicyclic) bond motifs is 3. The number of carbonyl (C=O) groups is 1. The quantitative estimate of drug-likeness (QED) is 0.705. The van der Waals surface area contributed by atoms with Crippen LogP contribution in [0.15, 0.2) is 23.0 Å². The maximum absolute atomic E-state index is 13.6. The molecule has 3 atom stereocenters. The van der Waals surface area contributed by atoms with Gasteiger partial charge in [0.25, 0.3) is 0 Å². The number of aromatic nitrogens is 1. The molecule has 31 heavy (non-hydrogen) atoms. The zero-order chi connectivity index (χ0) is 21.6. The van der Waals surface area contributed by atoms with Crippen LogP contribution in [-0.4, -0.2) is 41.0 Å². The van der Waals surface area contributed by atoms with Crippen LogP contribution in [0.3, 0.4) is 0 Å². The van der Waals surface area contributed by atoms with E-state index in [2.05, 4.69) is 46.6 Å². The summed E-state index contributed by atoms with van der Waals surface area (Å²) in [5, 5.41) is 5.35. The van der Waals surface area contributed by atoms with Gasteiger partial charge in [-0.2, -0.15) is 0 Å². The number of hydrogen-bond donors (Lipinski definition) is 1. The SMILES string of the molecule is COc1cc2c(cc1CN1[C@@H]3CC[C@H]1[C@@](Cc1cscn1)(C(=O)NC(C)C)C3)CCC2. The number of benzene rings is 1. The minimum Gasteiger partial charge on any atom is -0.496 e. The van der Waals surface area contributed by atoms with Gasteiger partial charge in [-0.05, 0) is 69.6 Å². The third kappa shape index (κ3) is 3.68. The molecular formula is C25H33N3O2S. The predicted molar refractivity (Wildman–Crippen MR) is 124 cm³/mol. The van der Waals surface area contributed by atoms with Crippen molar-refractivity contribution in [1.29, 1.82) is 0 Å². The molecule has 2 aromatic rings. The standard InChI is InChI=1S/C25H33N3O2S/c1-16(2)27-24(29)25(11-20-14-31-15-26-20)12-21-7-8-23(25)28(21)13-19-9-17-5-4-6-18(17)10-22(19)30-3/h9-10,14-16,21,23H,4-8,11-13H2,1-3H3,(H,27,29)/t21-,23+,25+/m1/s1. The lowest BCUT2D eigenvalue weighted by atomic mass is 9.70. The van der Waals surface area contributed by atoms with Crippen molar-refractivity contribution in [3.05, 3.63) is 45.4 Å². The van der Waals surface area contributed by atoms with Crippen molar-refractivity contribution in [2.45, 2.75) is 83.5 Å². The Bertz CT molecular complexity index is 958. The normalized spacial score (nSPS) is 27.1. The molecule has 0 unspecified atom stereocenters. The van der Waals surface area contributed by atoms with Crippen LogP contribution in [0.5, 0.6) is 5.75 Å². The summed E-state index contributed by atoms with van der Waals surface area (Å²) in [4.78, 5) is 20.7. The van der Waals surface area contributed by atoms with E-state index in [1.54, 1.807) is 18.4 Å². The van der Waals surface area contributed by atoms with Crippen molar-refractivity contribution in [1.82, 2.24) is 15.2 Å². The first kappa shape index (κ1) is 21.0. The zero-order valence-electron chi connectivity index (χ0n) is 18.8. The van der Waals surface area contributed by atoms with E-state index in [0.29, 0.717) is 6.04 Å². The van der Waals surface area contributed by atoms with Gasteiger partial charge < -0.3 is 10.1 Å².